The number of rotatable bonds is 4. The first-order valence-corrected chi connectivity index (χ1v) is 5.32. The van der Waals surface area contributed by atoms with Crippen LogP contribution in [-0.2, 0) is 0 Å². The minimum atomic E-state index is -0.127. The Hall–Kier alpha value is -1.22. The molecule has 0 spiro atoms. The highest BCUT2D eigenvalue weighted by atomic mass is 35.5. The normalized spacial score (nSPS) is 10.0. The van der Waals surface area contributed by atoms with Gasteiger partial charge in [-0.15, -0.1) is 11.6 Å². The Balaban J connectivity index is 2.65. The number of phenols is 1. The molecule has 2 N–H and O–H groups in total. The lowest BCUT2D eigenvalue weighted by atomic mass is 10.1. The number of carbonyl (C=O) groups is 1. The molecular weight excluding hydrogens is 214 g/mol. The summed E-state index contributed by atoms with van der Waals surface area (Å²) in [6.45, 7) is 2.36. The zero-order chi connectivity index (χ0) is 11.3. The van der Waals surface area contributed by atoms with Crippen LogP contribution in [0.3, 0.4) is 0 Å². The second kappa shape index (κ2) is 5.61. The average molecular weight is 228 g/mol. The Morgan fingerprint density at radius 2 is 2.27 bits per heavy atom. The molecular formula is C11H14ClNO2. The minimum absolute atomic E-state index is 0.127. The molecule has 82 valence electrons. The number of alkyl halides is 1. The average Bonchev–Trinajstić information content (AvgIpc) is 2.17. The number of halogens is 1. The topological polar surface area (TPSA) is 49.3 Å². The summed E-state index contributed by atoms with van der Waals surface area (Å²) in [5.41, 5.74) is 1.35. The van der Waals surface area contributed by atoms with Gasteiger partial charge >= 0.3 is 0 Å². The van der Waals surface area contributed by atoms with Crippen LogP contribution in [0.15, 0.2) is 18.2 Å². The Kier molecular flexibility index (Phi) is 4.43. The summed E-state index contributed by atoms with van der Waals surface area (Å²) in [6, 6.07) is 4.68. The van der Waals surface area contributed by atoms with Crippen LogP contribution in [0.2, 0.25) is 0 Å². The van der Waals surface area contributed by atoms with Crippen LogP contribution >= 0.6 is 11.6 Å². The molecule has 1 aromatic carbocycles. The fourth-order valence-electron chi connectivity index (χ4n) is 1.27. The summed E-state index contributed by atoms with van der Waals surface area (Å²) >= 11 is 5.50. The molecule has 0 saturated heterocycles. The maximum atomic E-state index is 11.6. The first-order valence-electron chi connectivity index (χ1n) is 4.79. The summed E-state index contributed by atoms with van der Waals surface area (Å²) in [6.07, 6.45) is 0.754. The van der Waals surface area contributed by atoms with E-state index in [1.165, 1.54) is 6.07 Å². The van der Waals surface area contributed by atoms with Crippen LogP contribution < -0.4 is 5.32 Å². The van der Waals surface area contributed by atoms with E-state index < -0.39 is 0 Å². The molecule has 0 heterocycles. The largest absolute Gasteiger partial charge is 0.508 e. The van der Waals surface area contributed by atoms with Crippen LogP contribution in [0.5, 0.6) is 5.75 Å². The minimum Gasteiger partial charge on any atom is -0.508 e. The van der Waals surface area contributed by atoms with E-state index in [-0.39, 0.29) is 11.7 Å². The monoisotopic (exact) mass is 227 g/mol. The second-order valence-electron chi connectivity index (χ2n) is 3.30. The molecule has 0 bridgehead atoms. The second-order valence-corrected chi connectivity index (χ2v) is 3.68. The highest BCUT2D eigenvalue weighted by Gasteiger charge is 2.08. The third kappa shape index (κ3) is 3.44. The molecule has 0 fully saturated rings. The third-order valence-corrected chi connectivity index (χ3v) is 2.32. The van der Waals surface area contributed by atoms with Crippen LogP contribution in [-0.4, -0.2) is 23.4 Å². The first-order chi connectivity index (χ1) is 7.15. The smallest absolute Gasteiger partial charge is 0.251 e. The summed E-state index contributed by atoms with van der Waals surface area (Å²) in [5.74, 6) is 0.580. The van der Waals surface area contributed by atoms with Crippen molar-refractivity contribution in [2.75, 3.05) is 12.4 Å². The van der Waals surface area contributed by atoms with Gasteiger partial charge in [-0.25, -0.2) is 0 Å². The van der Waals surface area contributed by atoms with Crippen LogP contribution in [0, 0.1) is 6.92 Å². The Morgan fingerprint density at radius 1 is 1.53 bits per heavy atom. The van der Waals surface area contributed by atoms with Crippen LogP contribution in [0.1, 0.15) is 22.3 Å². The van der Waals surface area contributed by atoms with Crippen molar-refractivity contribution in [2.24, 2.45) is 0 Å². The van der Waals surface area contributed by atoms with Crippen molar-refractivity contribution in [3.8, 4) is 5.75 Å². The molecule has 0 saturated carbocycles. The Labute approximate surface area is 94.1 Å². The summed E-state index contributed by atoms with van der Waals surface area (Å²) in [7, 11) is 0. The standard InChI is InChI=1S/C11H14ClNO2/c1-8-7-9(14)3-4-10(8)11(15)13-6-2-5-12/h3-4,7,14H,2,5-6H2,1H3,(H,13,15). The van der Waals surface area contributed by atoms with Crippen molar-refractivity contribution >= 4 is 17.5 Å². The molecule has 0 aromatic heterocycles. The number of hydrogen-bond donors (Lipinski definition) is 2. The van der Waals surface area contributed by atoms with Gasteiger partial charge in [0.15, 0.2) is 0 Å². The molecule has 15 heavy (non-hydrogen) atoms. The van der Waals surface area contributed by atoms with E-state index in [9.17, 15) is 9.90 Å². The quantitative estimate of drug-likeness (QED) is 0.611. The van der Waals surface area contributed by atoms with E-state index in [2.05, 4.69) is 5.32 Å². The number of nitrogens with one attached hydrogen (secondary N) is 1. The number of aromatic hydroxyl groups is 1. The van der Waals surface area contributed by atoms with E-state index in [0.717, 1.165) is 12.0 Å². The lowest BCUT2D eigenvalue weighted by molar-refractivity contribution is 0.0953. The van der Waals surface area contributed by atoms with Gasteiger partial charge < -0.3 is 10.4 Å². The molecule has 1 aromatic rings. The molecule has 0 aliphatic rings. The molecule has 3 nitrogen and oxygen atoms in total. The predicted octanol–water partition coefficient (Wildman–Crippen LogP) is 2.06. The molecule has 0 aliphatic carbocycles. The highest BCUT2D eigenvalue weighted by molar-refractivity contribution is 6.17. The van der Waals surface area contributed by atoms with E-state index in [1.807, 2.05) is 0 Å². The third-order valence-electron chi connectivity index (χ3n) is 2.05. The lowest BCUT2D eigenvalue weighted by Gasteiger charge is -2.06. The summed E-state index contributed by atoms with van der Waals surface area (Å²) in [4.78, 5) is 11.6. The number of aryl methyl sites for hydroxylation is 1. The Bertz CT molecular complexity index is 352. The highest BCUT2D eigenvalue weighted by Crippen LogP contribution is 2.15. The molecule has 4 heteroatoms. The van der Waals surface area contributed by atoms with Crippen LogP contribution in [0.25, 0.3) is 0 Å². The van der Waals surface area contributed by atoms with Gasteiger partial charge in [0.05, 0.1) is 0 Å². The maximum absolute atomic E-state index is 11.6. The van der Waals surface area contributed by atoms with Crippen molar-refractivity contribution in [3.05, 3.63) is 29.3 Å². The molecule has 0 atom stereocenters. The molecule has 1 amide bonds. The SMILES string of the molecule is Cc1cc(O)ccc1C(=O)NCCCCl. The van der Waals surface area contributed by atoms with Crippen LogP contribution in [0.4, 0.5) is 0 Å². The number of benzene rings is 1. The molecule has 0 radical (unpaired) electrons. The fourth-order valence-corrected chi connectivity index (χ4v) is 1.40. The van der Waals surface area contributed by atoms with Crippen molar-refractivity contribution in [3.63, 3.8) is 0 Å². The Morgan fingerprint density at radius 3 is 2.87 bits per heavy atom. The van der Waals surface area contributed by atoms with Crippen molar-refractivity contribution in [1.82, 2.24) is 5.32 Å². The summed E-state index contributed by atoms with van der Waals surface area (Å²) < 4.78 is 0. The molecule has 0 unspecified atom stereocenters. The van der Waals surface area contributed by atoms with Crippen molar-refractivity contribution in [1.29, 1.82) is 0 Å². The van der Waals surface area contributed by atoms with E-state index in [1.54, 1.807) is 19.1 Å². The van der Waals surface area contributed by atoms with E-state index in [4.69, 9.17) is 11.6 Å². The number of carbonyl (C=O) groups excluding carboxylic acids is 1. The maximum Gasteiger partial charge on any atom is 0.251 e. The predicted molar refractivity (Wildman–Crippen MR) is 60.5 cm³/mol. The van der Waals surface area contributed by atoms with Gasteiger partial charge in [-0.1, -0.05) is 0 Å². The van der Waals surface area contributed by atoms with Gasteiger partial charge in [-0.05, 0) is 37.1 Å². The number of phenolic OH excluding ortho intramolecular Hbond substituents is 1. The molecule has 0 aliphatic heterocycles. The van der Waals surface area contributed by atoms with Gasteiger partial charge in [-0.2, -0.15) is 0 Å². The zero-order valence-corrected chi connectivity index (χ0v) is 9.34. The number of amides is 1. The zero-order valence-electron chi connectivity index (χ0n) is 8.59. The first kappa shape index (κ1) is 11.9. The van der Waals surface area contributed by atoms with E-state index >= 15 is 0 Å². The van der Waals surface area contributed by atoms with E-state index in [0.29, 0.717) is 18.0 Å². The summed E-state index contributed by atoms with van der Waals surface area (Å²) in [5, 5.41) is 11.9. The van der Waals surface area contributed by atoms with Gasteiger partial charge in [0.2, 0.25) is 0 Å². The van der Waals surface area contributed by atoms with Gasteiger partial charge in [-0.3, -0.25) is 4.79 Å². The van der Waals surface area contributed by atoms with Gasteiger partial charge in [0.1, 0.15) is 5.75 Å². The fraction of sp³-hybridized carbons (Fsp3) is 0.364. The van der Waals surface area contributed by atoms with Gasteiger partial charge in [0.25, 0.3) is 5.91 Å². The lowest BCUT2D eigenvalue weighted by Crippen LogP contribution is -2.25. The number of hydrogen-bond acceptors (Lipinski definition) is 2. The van der Waals surface area contributed by atoms with Crippen molar-refractivity contribution < 1.29 is 9.90 Å². The van der Waals surface area contributed by atoms with Crippen molar-refractivity contribution in [2.45, 2.75) is 13.3 Å². The van der Waals surface area contributed by atoms with Gasteiger partial charge in [0, 0.05) is 18.0 Å². The molecule has 1 rings (SSSR count).